The molecule has 0 aromatic heterocycles. The maximum Gasteiger partial charge on any atom is 0.404 e. The van der Waals surface area contributed by atoms with Crippen molar-refractivity contribution in [3.8, 4) is 11.8 Å². The number of carboxylic acid groups (broad SMARTS) is 1. The number of hydrogen-bond donors (Lipinski definition) is 2. The van der Waals surface area contributed by atoms with Crippen molar-refractivity contribution in [2.75, 3.05) is 6.54 Å². The van der Waals surface area contributed by atoms with Gasteiger partial charge in [0.05, 0.1) is 11.7 Å². The van der Waals surface area contributed by atoms with Crippen LogP contribution in [0.2, 0.25) is 5.02 Å². The fourth-order valence-electron chi connectivity index (χ4n) is 1.97. The molecule has 1 amide bonds. The molecule has 0 fully saturated rings. The van der Waals surface area contributed by atoms with Crippen molar-refractivity contribution in [3.63, 3.8) is 0 Å². The molecule has 0 saturated heterocycles. The highest BCUT2D eigenvalue weighted by Gasteiger charge is 2.13. The predicted octanol–water partition coefficient (Wildman–Crippen LogP) is 3.81. The Hall–Kier alpha value is -1.93. The van der Waals surface area contributed by atoms with Crippen LogP contribution in [0, 0.1) is 11.3 Å². The second-order valence-electron chi connectivity index (χ2n) is 4.65. The third kappa shape index (κ3) is 6.37. The minimum atomic E-state index is -1.02. The molecule has 0 saturated carbocycles. The quantitative estimate of drug-likeness (QED) is 0.715. The Balaban J connectivity index is 2.63. The first kappa shape index (κ1) is 17.1. The van der Waals surface area contributed by atoms with Gasteiger partial charge in [0, 0.05) is 17.6 Å². The van der Waals surface area contributed by atoms with Crippen LogP contribution in [-0.4, -0.2) is 23.8 Å². The molecule has 0 heterocycles. The van der Waals surface area contributed by atoms with Gasteiger partial charge in [-0.2, -0.15) is 5.26 Å². The van der Waals surface area contributed by atoms with Gasteiger partial charge in [-0.25, -0.2) is 4.79 Å². The first-order chi connectivity index (χ1) is 10.1. The topological polar surface area (TPSA) is 82.3 Å². The summed E-state index contributed by atoms with van der Waals surface area (Å²) in [6, 6.07) is 7.00. The van der Waals surface area contributed by atoms with E-state index in [0.717, 1.165) is 12.8 Å². The van der Waals surface area contributed by atoms with Gasteiger partial charge in [0.15, 0.2) is 0 Å². The lowest BCUT2D eigenvalue weighted by molar-refractivity contribution is 0.173. The van der Waals surface area contributed by atoms with E-state index in [2.05, 4.69) is 18.3 Å². The van der Waals surface area contributed by atoms with Crippen LogP contribution in [0.5, 0.6) is 5.75 Å². The van der Waals surface area contributed by atoms with E-state index < -0.39 is 6.09 Å². The fourth-order valence-corrected chi connectivity index (χ4v) is 2.14. The number of rotatable bonds is 8. The summed E-state index contributed by atoms with van der Waals surface area (Å²) in [5.74, 6) is 0.481. The standard InChI is InChI=1S/C15H19ClN2O3/c1-2-4-13(5-3-8-18-15(19)20)21-14-9-12(16)7-6-11(14)10-17/h6-7,9,13,18H,2-5,8H2,1H3,(H,19,20). The third-order valence-corrected chi connectivity index (χ3v) is 3.18. The number of nitrogens with zero attached hydrogens (tertiary/aromatic N) is 1. The maximum absolute atomic E-state index is 10.4. The molecule has 5 nitrogen and oxygen atoms in total. The second kappa shape index (κ2) is 9.09. The molecule has 114 valence electrons. The van der Waals surface area contributed by atoms with E-state index in [-0.39, 0.29) is 6.10 Å². The number of benzene rings is 1. The van der Waals surface area contributed by atoms with Crippen molar-refractivity contribution in [1.82, 2.24) is 5.32 Å². The molecular formula is C15H19ClN2O3. The molecule has 0 radical (unpaired) electrons. The van der Waals surface area contributed by atoms with E-state index in [1.54, 1.807) is 18.2 Å². The van der Waals surface area contributed by atoms with Crippen LogP contribution in [0.15, 0.2) is 18.2 Å². The lowest BCUT2D eigenvalue weighted by atomic mass is 10.1. The fraction of sp³-hybridized carbons (Fsp3) is 0.467. The Kier molecular flexibility index (Phi) is 7.41. The van der Waals surface area contributed by atoms with Crippen LogP contribution >= 0.6 is 11.6 Å². The van der Waals surface area contributed by atoms with Crippen LogP contribution < -0.4 is 10.1 Å². The van der Waals surface area contributed by atoms with Crippen LogP contribution in [0.3, 0.4) is 0 Å². The molecule has 2 N–H and O–H groups in total. The zero-order chi connectivity index (χ0) is 15.7. The van der Waals surface area contributed by atoms with Gasteiger partial charge < -0.3 is 15.2 Å². The van der Waals surface area contributed by atoms with Gasteiger partial charge in [0.2, 0.25) is 0 Å². The SMILES string of the molecule is CCCC(CCCNC(=O)O)Oc1cc(Cl)ccc1C#N. The van der Waals surface area contributed by atoms with E-state index in [1.807, 2.05) is 0 Å². The third-order valence-electron chi connectivity index (χ3n) is 2.95. The zero-order valence-corrected chi connectivity index (χ0v) is 12.7. The van der Waals surface area contributed by atoms with Crippen molar-refractivity contribution in [2.24, 2.45) is 0 Å². The minimum Gasteiger partial charge on any atom is -0.489 e. The zero-order valence-electron chi connectivity index (χ0n) is 11.9. The molecule has 0 bridgehead atoms. The Morgan fingerprint density at radius 2 is 2.29 bits per heavy atom. The molecule has 1 aromatic carbocycles. The van der Waals surface area contributed by atoms with E-state index in [0.29, 0.717) is 35.7 Å². The van der Waals surface area contributed by atoms with Crippen molar-refractivity contribution in [1.29, 1.82) is 5.26 Å². The van der Waals surface area contributed by atoms with E-state index in [1.165, 1.54) is 0 Å². The molecule has 1 atom stereocenters. The molecule has 6 heteroatoms. The highest BCUT2D eigenvalue weighted by molar-refractivity contribution is 6.30. The average Bonchev–Trinajstić information content (AvgIpc) is 2.43. The van der Waals surface area contributed by atoms with Gasteiger partial charge >= 0.3 is 6.09 Å². The summed E-state index contributed by atoms with van der Waals surface area (Å²) in [5.41, 5.74) is 0.448. The Morgan fingerprint density at radius 3 is 2.90 bits per heavy atom. The number of carbonyl (C=O) groups is 1. The monoisotopic (exact) mass is 310 g/mol. The van der Waals surface area contributed by atoms with Gasteiger partial charge in [-0.15, -0.1) is 0 Å². The number of halogens is 1. The summed E-state index contributed by atoms with van der Waals surface area (Å²) in [7, 11) is 0. The van der Waals surface area contributed by atoms with Crippen molar-refractivity contribution in [3.05, 3.63) is 28.8 Å². The van der Waals surface area contributed by atoms with Crippen molar-refractivity contribution < 1.29 is 14.6 Å². The highest BCUT2D eigenvalue weighted by atomic mass is 35.5. The first-order valence-corrected chi connectivity index (χ1v) is 7.27. The molecule has 0 aliphatic heterocycles. The summed E-state index contributed by atoms with van der Waals surface area (Å²) in [6.07, 6.45) is 2.09. The number of hydrogen-bond acceptors (Lipinski definition) is 3. The lowest BCUT2D eigenvalue weighted by Gasteiger charge is -2.19. The minimum absolute atomic E-state index is 0.0591. The van der Waals surface area contributed by atoms with E-state index in [4.69, 9.17) is 26.7 Å². The highest BCUT2D eigenvalue weighted by Crippen LogP contribution is 2.25. The van der Waals surface area contributed by atoms with Gasteiger partial charge in [0.1, 0.15) is 11.8 Å². The van der Waals surface area contributed by atoms with Crippen LogP contribution in [0.25, 0.3) is 0 Å². The molecule has 0 spiro atoms. The number of nitriles is 1. The summed E-state index contributed by atoms with van der Waals surface area (Å²) in [6.45, 7) is 2.44. The maximum atomic E-state index is 10.4. The Labute approximate surface area is 129 Å². The predicted molar refractivity (Wildman–Crippen MR) is 80.8 cm³/mol. The van der Waals surface area contributed by atoms with Gasteiger partial charge in [-0.3, -0.25) is 0 Å². The largest absolute Gasteiger partial charge is 0.489 e. The van der Waals surface area contributed by atoms with E-state index >= 15 is 0 Å². The van der Waals surface area contributed by atoms with Gasteiger partial charge in [-0.05, 0) is 31.4 Å². The molecule has 0 aliphatic rings. The summed E-state index contributed by atoms with van der Waals surface area (Å²) in [5, 5.41) is 20.4. The van der Waals surface area contributed by atoms with Crippen LogP contribution in [0.4, 0.5) is 4.79 Å². The molecule has 0 aliphatic carbocycles. The number of amides is 1. The second-order valence-corrected chi connectivity index (χ2v) is 5.09. The number of ether oxygens (including phenoxy) is 1. The summed E-state index contributed by atoms with van der Waals surface area (Å²) < 4.78 is 5.88. The molecule has 1 rings (SSSR count). The van der Waals surface area contributed by atoms with Crippen molar-refractivity contribution in [2.45, 2.75) is 38.7 Å². The average molecular weight is 311 g/mol. The molecule has 21 heavy (non-hydrogen) atoms. The smallest absolute Gasteiger partial charge is 0.404 e. The summed E-state index contributed by atoms with van der Waals surface area (Å²) in [4.78, 5) is 10.4. The number of nitrogens with one attached hydrogen (secondary N) is 1. The van der Waals surface area contributed by atoms with Crippen LogP contribution in [0.1, 0.15) is 38.2 Å². The Bertz CT molecular complexity index is 514. The first-order valence-electron chi connectivity index (χ1n) is 6.90. The molecule has 1 aromatic rings. The van der Waals surface area contributed by atoms with Gasteiger partial charge in [-0.1, -0.05) is 24.9 Å². The lowest BCUT2D eigenvalue weighted by Crippen LogP contribution is -2.24. The summed E-state index contributed by atoms with van der Waals surface area (Å²) >= 11 is 5.93. The normalized spacial score (nSPS) is 11.5. The van der Waals surface area contributed by atoms with Crippen LogP contribution in [-0.2, 0) is 0 Å². The molecule has 1 unspecified atom stereocenters. The Morgan fingerprint density at radius 1 is 1.52 bits per heavy atom. The molecular weight excluding hydrogens is 292 g/mol. The van der Waals surface area contributed by atoms with E-state index in [9.17, 15) is 4.79 Å². The van der Waals surface area contributed by atoms with Crippen molar-refractivity contribution >= 4 is 17.7 Å². The van der Waals surface area contributed by atoms with Gasteiger partial charge in [0.25, 0.3) is 0 Å².